The van der Waals surface area contributed by atoms with Gasteiger partial charge in [-0.05, 0) is 98.5 Å². The molecule has 1 aromatic rings. The molecule has 4 aliphatic heterocycles. The lowest BCUT2D eigenvalue weighted by Gasteiger charge is -2.49. The van der Waals surface area contributed by atoms with Crippen molar-refractivity contribution in [2.75, 3.05) is 46.7 Å². The minimum Gasteiger partial charge on any atom is -0.459 e. The fourth-order valence-electron chi connectivity index (χ4n) is 11.4. The van der Waals surface area contributed by atoms with Gasteiger partial charge in [-0.3, -0.25) is 9.59 Å². The van der Waals surface area contributed by atoms with Gasteiger partial charge in [0, 0.05) is 69.5 Å². The van der Waals surface area contributed by atoms with Gasteiger partial charge in [0.2, 0.25) is 5.91 Å². The van der Waals surface area contributed by atoms with Gasteiger partial charge in [-0.15, -0.1) is 0 Å². The number of benzene rings is 1. The van der Waals surface area contributed by atoms with Crippen LogP contribution in [0, 0.1) is 23.7 Å². The zero-order valence-electron chi connectivity index (χ0n) is 46.3. The summed E-state index contributed by atoms with van der Waals surface area (Å²) < 4.78 is 76.3. The number of hydrogen-bond donors (Lipinski definition) is 7. The van der Waals surface area contributed by atoms with Crippen molar-refractivity contribution in [1.82, 2.24) is 15.5 Å². The number of esters is 1. The van der Waals surface area contributed by atoms with Gasteiger partial charge in [0.15, 0.2) is 22.4 Å². The fourth-order valence-corrected chi connectivity index (χ4v) is 12.0. The van der Waals surface area contributed by atoms with E-state index in [4.69, 9.17) is 33.3 Å². The number of oxime groups is 1. The van der Waals surface area contributed by atoms with E-state index in [9.17, 15) is 47.9 Å². The molecular weight excluding hydrogens is 1000 g/mol. The molecule has 20 nitrogen and oxygen atoms in total. The topological polar surface area (TPSA) is 274 Å². The van der Waals surface area contributed by atoms with Crippen LogP contribution in [-0.2, 0) is 59.1 Å². The smallest absolute Gasteiger partial charge is 0.311 e. The Labute approximate surface area is 443 Å². The molecule has 7 N–H and O–H groups in total. The third-order valence-corrected chi connectivity index (χ3v) is 17.3. The predicted octanol–water partition coefficient (Wildman–Crippen LogP) is 2.81. The highest BCUT2D eigenvalue weighted by atomic mass is 32.2. The molecule has 0 aliphatic carbocycles. The number of aliphatic hydroxyl groups excluding tert-OH is 3. The summed E-state index contributed by atoms with van der Waals surface area (Å²) in [5.41, 5.74) is -4.01. The molecule has 0 saturated carbocycles. The maximum Gasteiger partial charge on any atom is 0.311 e. The highest BCUT2D eigenvalue weighted by Gasteiger charge is 2.53. The van der Waals surface area contributed by atoms with Gasteiger partial charge in [0.25, 0.3) is 0 Å². The van der Waals surface area contributed by atoms with E-state index in [-0.39, 0.29) is 49.6 Å². The van der Waals surface area contributed by atoms with E-state index in [1.54, 1.807) is 72.5 Å². The predicted molar refractivity (Wildman–Crippen MR) is 276 cm³/mol. The fraction of sp³-hybridized carbons (Fsp3) is 0.830. The molecule has 22 heteroatoms. The number of cyclic esters (lactones) is 1. The van der Waals surface area contributed by atoms with E-state index in [1.807, 2.05) is 13.8 Å². The molecule has 5 rings (SSSR count). The van der Waals surface area contributed by atoms with Crippen LogP contribution in [-0.4, -0.2) is 200 Å². The van der Waals surface area contributed by atoms with Crippen LogP contribution >= 0.6 is 0 Å². The van der Waals surface area contributed by atoms with Crippen LogP contribution in [0.25, 0.3) is 0 Å². The molecule has 0 radical (unpaired) electrons. The van der Waals surface area contributed by atoms with E-state index in [0.717, 1.165) is 12.8 Å². The quantitative estimate of drug-likeness (QED) is 0.0873. The first kappa shape index (κ1) is 62.9. The van der Waals surface area contributed by atoms with Gasteiger partial charge in [0.1, 0.15) is 36.7 Å². The molecular formula is C53H89FN4O16S. The Morgan fingerprint density at radius 1 is 1.00 bits per heavy atom. The van der Waals surface area contributed by atoms with Crippen molar-refractivity contribution < 1.29 is 81.2 Å². The second-order valence-corrected chi connectivity index (χ2v) is 24.6. The average molecular weight is 1090 g/mol. The number of hydrogen-bond acceptors (Lipinski definition) is 19. The Morgan fingerprint density at radius 3 is 2.25 bits per heavy atom. The highest BCUT2D eigenvalue weighted by Crippen LogP contribution is 2.41. The van der Waals surface area contributed by atoms with Gasteiger partial charge in [-0.25, -0.2) is 12.8 Å². The van der Waals surface area contributed by atoms with Gasteiger partial charge in [-0.1, -0.05) is 45.0 Å². The monoisotopic (exact) mass is 1090 g/mol. The second-order valence-electron chi connectivity index (χ2n) is 22.6. The zero-order valence-corrected chi connectivity index (χ0v) is 47.1. The van der Waals surface area contributed by atoms with Crippen molar-refractivity contribution in [3.63, 3.8) is 0 Å². The van der Waals surface area contributed by atoms with Crippen LogP contribution in [0.2, 0.25) is 0 Å². The third kappa shape index (κ3) is 15.7. The molecule has 430 valence electrons. The maximum atomic E-state index is 14.6. The van der Waals surface area contributed by atoms with Crippen molar-refractivity contribution >= 4 is 27.4 Å². The number of halogens is 1. The lowest BCUT2D eigenvalue weighted by molar-refractivity contribution is -0.318. The van der Waals surface area contributed by atoms with Gasteiger partial charge in [-0.2, -0.15) is 0 Å². The van der Waals surface area contributed by atoms with Crippen LogP contribution in [0.4, 0.5) is 4.39 Å². The summed E-state index contributed by atoms with van der Waals surface area (Å²) >= 11 is 0. The van der Waals surface area contributed by atoms with E-state index in [0.29, 0.717) is 30.7 Å². The van der Waals surface area contributed by atoms with E-state index >= 15 is 0 Å². The molecule has 4 saturated heterocycles. The summed E-state index contributed by atoms with van der Waals surface area (Å²) in [4.78, 5) is 35.8. The van der Waals surface area contributed by atoms with Crippen molar-refractivity contribution in [2.24, 2.45) is 28.8 Å². The Bertz CT molecular complexity index is 2150. The minimum absolute atomic E-state index is 0.0369. The number of alkyl halides is 1. The number of nitrogens with one attached hydrogen (secondary N) is 2. The molecule has 4 fully saturated rings. The molecule has 20 atom stereocenters. The van der Waals surface area contributed by atoms with E-state index in [2.05, 4.69) is 15.8 Å². The standard InChI is InChI=1S/C53H89FN4O16S/c1-14-40-53(10,65)46(61)31(4)43(57-74-37-19-21-55-28-37)29(2)25-51(8,64)48(32(5)45(33(6)49(63)71-40)72-42-26-52(9,68-12)47(62)34(7)70-42)73-50-44(60)39(23-30(3)69-50)58(11)22-20-41(59)56-36(27-54)24-35-15-17-38(18-16-35)75(13,66)67/h15-18,29-34,36-37,39-40,42,44-48,50,55,60-62,64-65H,14,19-28H2,1-13H3,(H,56,59)/b57-43+/t29-,30-,31+,32+,33-,34+,36+,37?,39+,40-,42+,44-,45+,46-,47+,48-,50+,51?,52?,53?/m1/s1. The van der Waals surface area contributed by atoms with Gasteiger partial charge in [0.05, 0.1) is 64.3 Å². The normalized spacial score (nSPS) is 40.7. The SMILES string of the molecule is CC[C@H]1OC(=O)[C@H](C)[C@@H](O[C@H]2CC(C)(OC)[C@@H](O)[C@H](C)O2)[C@H](C)[C@@H](O[C@@H]2O[C@H](C)C[C@H](N(C)CCC(=O)N[C@H](CF)Cc3ccc(S(C)(=O)=O)cc3)[C@H]2O)C(C)(O)C[C@@H](C)/C(=N\OC2CCNC2)[C@H](C)[C@@H](O)C1(C)O. The number of ether oxygens (including phenoxy) is 6. The zero-order chi connectivity index (χ0) is 56.0. The number of amides is 1. The summed E-state index contributed by atoms with van der Waals surface area (Å²) in [7, 11) is -0.212. The Morgan fingerprint density at radius 2 is 1.67 bits per heavy atom. The number of likely N-dealkylation sites (N-methyl/N-ethyl adjacent to an activating group) is 1. The Balaban J connectivity index is 1.48. The van der Waals surface area contributed by atoms with Crippen LogP contribution in [0.5, 0.6) is 0 Å². The number of nitrogens with zero attached hydrogens (tertiary/aromatic N) is 2. The second kappa shape index (κ2) is 26.3. The molecule has 4 aliphatic rings. The molecule has 4 heterocycles. The lowest BCUT2D eigenvalue weighted by Crippen LogP contribution is -2.61. The first-order valence-corrected chi connectivity index (χ1v) is 28.5. The third-order valence-electron chi connectivity index (χ3n) is 16.2. The summed E-state index contributed by atoms with van der Waals surface area (Å²) in [6.07, 6.45) is -9.39. The molecule has 4 unspecified atom stereocenters. The number of sulfone groups is 1. The molecule has 1 aromatic carbocycles. The van der Waals surface area contributed by atoms with E-state index < -0.39 is 142 Å². The largest absolute Gasteiger partial charge is 0.459 e. The highest BCUT2D eigenvalue weighted by molar-refractivity contribution is 7.90. The molecule has 0 aromatic heterocycles. The van der Waals surface area contributed by atoms with Crippen LogP contribution in [0.1, 0.15) is 113 Å². The molecule has 75 heavy (non-hydrogen) atoms. The number of aliphatic hydroxyl groups is 5. The van der Waals surface area contributed by atoms with Crippen LogP contribution < -0.4 is 10.6 Å². The summed E-state index contributed by atoms with van der Waals surface area (Å²) in [6.45, 7) is 17.3. The van der Waals surface area contributed by atoms with E-state index in [1.165, 1.54) is 26.2 Å². The molecule has 0 bridgehead atoms. The number of carbonyl (C=O) groups excluding carboxylic acids is 2. The average Bonchev–Trinajstić information content (AvgIpc) is 3.88. The molecule has 1 amide bonds. The van der Waals surface area contributed by atoms with Crippen molar-refractivity contribution in [2.45, 2.75) is 215 Å². The minimum atomic E-state index is -3.42. The van der Waals surface area contributed by atoms with Crippen molar-refractivity contribution in [3.05, 3.63) is 29.8 Å². The first-order chi connectivity index (χ1) is 35.0. The number of rotatable bonds is 17. The van der Waals surface area contributed by atoms with Gasteiger partial charge < -0.3 is 74.3 Å². The van der Waals surface area contributed by atoms with Crippen molar-refractivity contribution in [3.8, 4) is 0 Å². The summed E-state index contributed by atoms with van der Waals surface area (Å²) in [5.74, 6) is -4.86. The van der Waals surface area contributed by atoms with Crippen LogP contribution in [0.3, 0.4) is 0 Å². The summed E-state index contributed by atoms with van der Waals surface area (Å²) in [5, 5.41) is 71.2. The lowest BCUT2D eigenvalue weighted by atomic mass is 9.73. The molecule has 0 spiro atoms. The Hall–Kier alpha value is -2.97. The number of carbonyl (C=O) groups is 2. The van der Waals surface area contributed by atoms with Gasteiger partial charge >= 0.3 is 5.97 Å². The maximum absolute atomic E-state index is 14.6. The van der Waals surface area contributed by atoms with Crippen LogP contribution in [0.15, 0.2) is 34.3 Å². The first-order valence-electron chi connectivity index (χ1n) is 26.6. The number of methoxy groups -OCH3 is 1. The Kier molecular flexibility index (Phi) is 22.1. The summed E-state index contributed by atoms with van der Waals surface area (Å²) in [6, 6.07) is 4.54. The van der Waals surface area contributed by atoms with Crippen molar-refractivity contribution in [1.29, 1.82) is 0 Å².